The molecule has 4 nitrogen and oxygen atoms in total. The van der Waals surface area contributed by atoms with Crippen LogP contribution in [-0.2, 0) is 9.53 Å². The maximum Gasteiger partial charge on any atom is 0.326 e. The number of carbonyl (C=O) groups excluding carboxylic acids is 1. The Labute approximate surface area is 116 Å². The maximum absolute atomic E-state index is 12.0. The van der Waals surface area contributed by atoms with Crippen LogP contribution in [0.15, 0.2) is 0 Å². The van der Waals surface area contributed by atoms with E-state index in [4.69, 9.17) is 10.5 Å². The van der Waals surface area contributed by atoms with E-state index in [1.54, 1.807) is 0 Å². The van der Waals surface area contributed by atoms with E-state index in [2.05, 4.69) is 18.7 Å². The molecule has 0 aromatic carbocycles. The normalized spacial score (nSPS) is 39.7. The lowest BCUT2D eigenvalue weighted by atomic mass is 9.98. The van der Waals surface area contributed by atoms with Gasteiger partial charge in [-0.1, -0.05) is 6.92 Å². The molecule has 1 aliphatic heterocycles. The molecule has 4 atom stereocenters. The van der Waals surface area contributed by atoms with Crippen molar-refractivity contribution in [2.24, 2.45) is 5.73 Å². The lowest BCUT2D eigenvalue weighted by molar-refractivity contribution is -0.149. The van der Waals surface area contributed by atoms with Crippen molar-refractivity contribution < 1.29 is 9.53 Å². The van der Waals surface area contributed by atoms with E-state index in [1.807, 2.05) is 6.92 Å². The first kappa shape index (κ1) is 14.8. The fourth-order valence-corrected chi connectivity index (χ4v) is 3.93. The Balaban J connectivity index is 2.03. The Morgan fingerprint density at radius 2 is 2.11 bits per heavy atom. The molecule has 2 rings (SSSR count). The molecule has 0 aromatic heterocycles. The number of hydrogen-bond acceptors (Lipinski definition) is 4. The van der Waals surface area contributed by atoms with Gasteiger partial charge in [-0.2, -0.15) is 0 Å². The number of carbonyl (C=O) groups is 1. The summed E-state index contributed by atoms with van der Waals surface area (Å²) in [7, 11) is 0. The summed E-state index contributed by atoms with van der Waals surface area (Å²) in [5.74, 6) is -0.211. The van der Waals surface area contributed by atoms with Crippen LogP contribution in [0.25, 0.3) is 0 Å². The van der Waals surface area contributed by atoms with Crippen LogP contribution in [0, 0.1) is 0 Å². The highest BCUT2D eigenvalue weighted by Crippen LogP contribution is 2.38. The molecule has 4 unspecified atom stereocenters. The van der Waals surface area contributed by atoms with Gasteiger partial charge in [-0.25, -0.2) is 0 Å². The number of nitrogens with two attached hydrogens (primary N) is 1. The molecule has 0 amide bonds. The van der Waals surface area contributed by atoms with Gasteiger partial charge in [0.15, 0.2) is 0 Å². The molecule has 0 radical (unpaired) electrons. The third kappa shape index (κ3) is 2.79. The van der Waals surface area contributed by atoms with Gasteiger partial charge in [-0.3, -0.25) is 9.69 Å². The third-order valence-electron chi connectivity index (χ3n) is 4.95. The summed E-state index contributed by atoms with van der Waals surface area (Å²) in [6, 6.07) is 1.75. The molecule has 2 fully saturated rings. The van der Waals surface area contributed by atoms with Gasteiger partial charge in [0.1, 0.15) is 5.54 Å². The van der Waals surface area contributed by atoms with Crippen molar-refractivity contribution in [2.45, 2.75) is 83.0 Å². The second kappa shape index (κ2) is 5.80. The van der Waals surface area contributed by atoms with Crippen LogP contribution in [0.4, 0.5) is 0 Å². The van der Waals surface area contributed by atoms with Crippen LogP contribution < -0.4 is 5.73 Å². The van der Waals surface area contributed by atoms with Crippen molar-refractivity contribution >= 4 is 5.97 Å². The first-order valence-corrected chi connectivity index (χ1v) is 7.75. The fourth-order valence-electron chi connectivity index (χ4n) is 3.93. The number of esters is 1. The van der Waals surface area contributed by atoms with E-state index in [9.17, 15) is 4.79 Å². The van der Waals surface area contributed by atoms with Crippen LogP contribution in [0.3, 0.4) is 0 Å². The number of rotatable bonds is 4. The zero-order chi connectivity index (χ0) is 14.0. The van der Waals surface area contributed by atoms with Crippen molar-refractivity contribution in [1.29, 1.82) is 0 Å². The second-order valence-corrected chi connectivity index (χ2v) is 6.21. The van der Waals surface area contributed by atoms with Crippen LogP contribution in [0.1, 0.15) is 59.3 Å². The number of nitrogens with zero attached hydrogens (tertiary/aromatic N) is 1. The summed E-state index contributed by atoms with van der Waals surface area (Å²) in [5, 5.41) is 0. The van der Waals surface area contributed by atoms with Crippen LogP contribution >= 0.6 is 0 Å². The molecule has 2 aliphatic rings. The average molecular weight is 268 g/mol. The average Bonchev–Trinajstić information content (AvgIpc) is 2.94. The third-order valence-corrected chi connectivity index (χ3v) is 4.95. The monoisotopic (exact) mass is 268 g/mol. The van der Waals surface area contributed by atoms with Crippen molar-refractivity contribution in [1.82, 2.24) is 4.90 Å². The van der Waals surface area contributed by atoms with Gasteiger partial charge in [0.05, 0.1) is 6.61 Å². The Hall–Kier alpha value is -0.610. The molecular weight excluding hydrogens is 240 g/mol. The molecule has 0 spiro atoms. The quantitative estimate of drug-likeness (QED) is 0.793. The molecule has 110 valence electrons. The number of hydrogen-bond donors (Lipinski definition) is 1. The molecule has 0 aromatic rings. The standard InChI is InChI=1S/C15H28N2O2/c1-4-12-7-6-11(3)17(12)13-8-9-15(16,10-13)14(18)19-5-2/h11-13H,4-10,16H2,1-3H3. The minimum atomic E-state index is -0.749. The zero-order valence-electron chi connectivity index (χ0n) is 12.5. The summed E-state index contributed by atoms with van der Waals surface area (Å²) >= 11 is 0. The van der Waals surface area contributed by atoms with Crippen LogP contribution in [0.5, 0.6) is 0 Å². The summed E-state index contributed by atoms with van der Waals surface area (Å²) in [6.07, 6.45) is 6.29. The highest BCUT2D eigenvalue weighted by Gasteiger charge is 2.47. The Morgan fingerprint density at radius 3 is 2.74 bits per heavy atom. The maximum atomic E-state index is 12.0. The summed E-state index contributed by atoms with van der Waals surface area (Å²) in [5.41, 5.74) is 5.53. The lowest BCUT2D eigenvalue weighted by Gasteiger charge is -2.34. The highest BCUT2D eigenvalue weighted by molar-refractivity contribution is 5.81. The van der Waals surface area contributed by atoms with E-state index in [1.165, 1.54) is 19.3 Å². The molecule has 4 heteroatoms. The SMILES string of the molecule is CCOC(=O)C1(N)CCC(N2C(C)CCC2CC)C1. The highest BCUT2D eigenvalue weighted by atomic mass is 16.5. The largest absolute Gasteiger partial charge is 0.465 e. The predicted molar refractivity (Wildman–Crippen MR) is 75.8 cm³/mol. The minimum absolute atomic E-state index is 0.211. The summed E-state index contributed by atoms with van der Waals surface area (Å²) in [4.78, 5) is 14.6. The first-order chi connectivity index (χ1) is 9.01. The topological polar surface area (TPSA) is 55.6 Å². The van der Waals surface area contributed by atoms with E-state index in [0.717, 1.165) is 19.3 Å². The summed E-state index contributed by atoms with van der Waals surface area (Å²) in [6.45, 7) is 6.81. The fraction of sp³-hybridized carbons (Fsp3) is 0.933. The van der Waals surface area contributed by atoms with Gasteiger partial charge in [0.25, 0.3) is 0 Å². The Bertz CT molecular complexity index is 334. The molecule has 0 bridgehead atoms. The molecule has 2 N–H and O–H groups in total. The van der Waals surface area contributed by atoms with E-state index < -0.39 is 5.54 Å². The van der Waals surface area contributed by atoms with Crippen molar-refractivity contribution in [2.75, 3.05) is 6.61 Å². The van der Waals surface area contributed by atoms with Crippen molar-refractivity contribution in [3.8, 4) is 0 Å². The molecule has 1 saturated carbocycles. The minimum Gasteiger partial charge on any atom is -0.465 e. The Kier molecular flexibility index (Phi) is 4.51. The van der Waals surface area contributed by atoms with Crippen LogP contribution in [-0.4, -0.2) is 41.1 Å². The van der Waals surface area contributed by atoms with Crippen molar-refractivity contribution in [3.63, 3.8) is 0 Å². The summed E-state index contributed by atoms with van der Waals surface area (Å²) < 4.78 is 5.14. The van der Waals surface area contributed by atoms with Gasteiger partial charge in [0.2, 0.25) is 0 Å². The van der Waals surface area contributed by atoms with Gasteiger partial charge in [-0.15, -0.1) is 0 Å². The van der Waals surface area contributed by atoms with Gasteiger partial charge >= 0.3 is 5.97 Å². The predicted octanol–water partition coefficient (Wildman–Crippen LogP) is 2.06. The molecule has 19 heavy (non-hydrogen) atoms. The smallest absolute Gasteiger partial charge is 0.326 e. The van der Waals surface area contributed by atoms with E-state index in [-0.39, 0.29) is 5.97 Å². The Morgan fingerprint density at radius 1 is 1.37 bits per heavy atom. The van der Waals surface area contributed by atoms with E-state index in [0.29, 0.717) is 24.7 Å². The lowest BCUT2D eigenvalue weighted by Crippen LogP contribution is -2.49. The number of ether oxygens (including phenoxy) is 1. The first-order valence-electron chi connectivity index (χ1n) is 7.75. The van der Waals surface area contributed by atoms with Crippen molar-refractivity contribution in [3.05, 3.63) is 0 Å². The molecular formula is C15H28N2O2. The number of likely N-dealkylation sites (tertiary alicyclic amines) is 1. The zero-order valence-corrected chi connectivity index (χ0v) is 12.5. The molecule has 1 heterocycles. The van der Waals surface area contributed by atoms with Gasteiger partial charge in [0, 0.05) is 18.1 Å². The molecule has 1 aliphatic carbocycles. The van der Waals surface area contributed by atoms with Gasteiger partial charge < -0.3 is 10.5 Å². The van der Waals surface area contributed by atoms with E-state index >= 15 is 0 Å². The van der Waals surface area contributed by atoms with Gasteiger partial charge in [-0.05, 0) is 52.4 Å². The second-order valence-electron chi connectivity index (χ2n) is 6.21. The van der Waals surface area contributed by atoms with Crippen LogP contribution in [0.2, 0.25) is 0 Å². The molecule has 1 saturated heterocycles.